The quantitative estimate of drug-likeness (QED) is 0.834. The van der Waals surface area contributed by atoms with Gasteiger partial charge in [0.05, 0.1) is 0 Å². The average Bonchev–Trinajstić information content (AvgIpc) is 2.15. The molecule has 1 N–H and O–H groups in total. The van der Waals surface area contributed by atoms with Gasteiger partial charge in [0.2, 0.25) is 0 Å². The van der Waals surface area contributed by atoms with Crippen molar-refractivity contribution in [3.8, 4) is 0 Å². The van der Waals surface area contributed by atoms with Crippen molar-refractivity contribution in [1.82, 2.24) is 5.32 Å². The number of hydrogen-bond acceptors (Lipinski definition) is 1. The molecular weight excluding hydrogens is 213 g/mol. The first-order valence-electron chi connectivity index (χ1n) is 5.16. The Bertz CT molecular complexity index is 305. The number of likely N-dealkylation sites (N-methyl/N-ethyl adjacent to an activating group) is 1. The fourth-order valence-corrected chi connectivity index (χ4v) is 2.06. The highest BCUT2D eigenvalue weighted by molar-refractivity contribution is 6.31. The first-order chi connectivity index (χ1) is 7.07. The van der Waals surface area contributed by atoms with Gasteiger partial charge in [0.25, 0.3) is 0 Å². The van der Waals surface area contributed by atoms with E-state index in [1.807, 2.05) is 7.05 Å². The van der Waals surface area contributed by atoms with Crippen molar-refractivity contribution in [2.24, 2.45) is 5.92 Å². The minimum absolute atomic E-state index is 0.115. The minimum Gasteiger partial charge on any atom is -0.319 e. The molecule has 0 spiro atoms. The normalized spacial score (nSPS) is 13.2. The number of hydrogen-bond donors (Lipinski definition) is 1. The maximum absolute atomic E-state index is 13.7. The number of nitrogens with one attached hydrogen (secondary N) is 1. The number of rotatable bonds is 4. The largest absolute Gasteiger partial charge is 0.319 e. The predicted octanol–water partition coefficient (Wildman–Crippen LogP) is 3.44. The van der Waals surface area contributed by atoms with Gasteiger partial charge in [-0.2, -0.15) is 0 Å². The van der Waals surface area contributed by atoms with Crippen LogP contribution < -0.4 is 5.32 Å². The van der Waals surface area contributed by atoms with Crippen LogP contribution in [0.15, 0.2) is 18.2 Å². The van der Waals surface area contributed by atoms with E-state index < -0.39 is 0 Å². The number of benzene rings is 1. The van der Waals surface area contributed by atoms with Crippen LogP contribution >= 0.6 is 11.6 Å². The summed E-state index contributed by atoms with van der Waals surface area (Å²) in [6.45, 7) is 4.88. The molecule has 1 rings (SSSR count). The zero-order valence-electron chi connectivity index (χ0n) is 9.35. The summed E-state index contributed by atoms with van der Waals surface area (Å²) in [7, 11) is 1.87. The summed E-state index contributed by atoms with van der Waals surface area (Å²) in [5, 5.41) is 3.59. The van der Waals surface area contributed by atoms with Crippen molar-refractivity contribution in [2.45, 2.75) is 19.8 Å². The molecule has 0 radical (unpaired) electrons. The van der Waals surface area contributed by atoms with Crippen LogP contribution in [-0.4, -0.2) is 13.6 Å². The van der Waals surface area contributed by atoms with E-state index in [0.29, 0.717) is 16.5 Å². The van der Waals surface area contributed by atoms with E-state index in [2.05, 4.69) is 19.2 Å². The molecule has 0 saturated heterocycles. The molecule has 1 atom stereocenters. The Balaban J connectivity index is 3.10. The molecule has 0 aliphatic rings. The van der Waals surface area contributed by atoms with Gasteiger partial charge in [-0.05, 0) is 25.1 Å². The summed E-state index contributed by atoms with van der Waals surface area (Å²) in [4.78, 5) is 0. The Morgan fingerprint density at radius 3 is 2.53 bits per heavy atom. The molecule has 0 aliphatic heterocycles. The molecule has 0 bridgehead atoms. The highest BCUT2D eigenvalue weighted by Crippen LogP contribution is 2.31. The first kappa shape index (κ1) is 12.5. The molecule has 84 valence electrons. The van der Waals surface area contributed by atoms with Crippen LogP contribution in [0.1, 0.15) is 25.3 Å². The van der Waals surface area contributed by atoms with Gasteiger partial charge in [-0.3, -0.25) is 0 Å². The summed E-state index contributed by atoms with van der Waals surface area (Å²) >= 11 is 6.04. The SMILES string of the molecule is CNCC(c1c(F)cccc1Cl)C(C)C. The molecule has 0 saturated carbocycles. The third-order valence-electron chi connectivity index (χ3n) is 2.60. The Kier molecular flexibility index (Phi) is 4.55. The van der Waals surface area contributed by atoms with E-state index in [4.69, 9.17) is 11.6 Å². The van der Waals surface area contributed by atoms with Gasteiger partial charge in [-0.15, -0.1) is 0 Å². The monoisotopic (exact) mass is 229 g/mol. The summed E-state index contributed by atoms with van der Waals surface area (Å²) in [5.74, 6) is 0.256. The molecule has 0 heterocycles. The molecule has 0 aromatic heterocycles. The lowest BCUT2D eigenvalue weighted by Crippen LogP contribution is -2.22. The van der Waals surface area contributed by atoms with Gasteiger partial charge in [0.1, 0.15) is 5.82 Å². The minimum atomic E-state index is -0.212. The van der Waals surface area contributed by atoms with E-state index in [1.165, 1.54) is 6.07 Å². The summed E-state index contributed by atoms with van der Waals surface area (Å²) in [6.07, 6.45) is 0. The highest BCUT2D eigenvalue weighted by atomic mass is 35.5. The van der Waals surface area contributed by atoms with Crippen molar-refractivity contribution >= 4 is 11.6 Å². The van der Waals surface area contributed by atoms with Crippen molar-refractivity contribution < 1.29 is 4.39 Å². The summed E-state index contributed by atoms with van der Waals surface area (Å²) in [5.41, 5.74) is 0.628. The van der Waals surface area contributed by atoms with E-state index in [9.17, 15) is 4.39 Å². The van der Waals surface area contributed by atoms with Gasteiger partial charge in [-0.1, -0.05) is 31.5 Å². The van der Waals surface area contributed by atoms with Gasteiger partial charge in [0.15, 0.2) is 0 Å². The van der Waals surface area contributed by atoms with Gasteiger partial charge >= 0.3 is 0 Å². The topological polar surface area (TPSA) is 12.0 Å². The van der Waals surface area contributed by atoms with E-state index >= 15 is 0 Å². The van der Waals surface area contributed by atoms with Gasteiger partial charge < -0.3 is 5.32 Å². The molecule has 1 nitrogen and oxygen atoms in total. The van der Waals surface area contributed by atoms with Crippen LogP contribution in [0.2, 0.25) is 5.02 Å². The second kappa shape index (κ2) is 5.47. The highest BCUT2D eigenvalue weighted by Gasteiger charge is 2.21. The van der Waals surface area contributed by atoms with Crippen LogP contribution in [-0.2, 0) is 0 Å². The van der Waals surface area contributed by atoms with Crippen LogP contribution in [0.3, 0.4) is 0 Å². The second-order valence-corrected chi connectivity index (χ2v) is 4.45. The first-order valence-corrected chi connectivity index (χ1v) is 5.54. The third kappa shape index (κ3) is 2.93. The number of halogens is 2. The maximum atomic E-state index is 13.7. The Labute approximate surface area is 95.6 Å². The van der Waals surface area contributed by atoms with E-state index in [0.717, 1.165) is 6.54 Å². The van der Waals surface area contributed by atoms with Crippen LogP contribution in [0, 0.1) is 11.7 Å². The molecule has 0 aliphatic carbocycles. The summed E-state index contributed by atoms with van der Waals surface area (Å²) < 4.78 is 13.7. The van der Waals surface area contributed by atoms with Crippen molar-refractivity contribution in [1.29, 1.82) is 0 Å². The molecule has 1 aromatic carbocycles. The van der Waals surface area contributed by atoms with Crippen molar-refractivity contribution in [3.63, 3.8) is 0 Å². The second-order valence-electron chi connectivity index (χ2n) is 4.04. The lowest BCUT2D eigenvalue weighted by molar-refractivity contribution is 0.457. The van der Waals surface area contributed by atoms with Crippen LogP contribution in [0.4, 0.5) is 4.39 Å². The van der Waals surface area contributed by atoms with Crippen LogP contribution in [0.5, 0.6) is 0 Å². The fourth-order valence-electron chi connectivity index (χ4n) is 1.76. The maximum Gasteiger partial charge on any atom is 0.128 e. The molecule has 3 heteroatoms. The molecule has 1 aromatic rings. The van der Waals surface area contributed by atoms with E-state index in [1.54, 1.807) is 12.1 Å². The average molecular weight is 230 g/mol. The standard InChI is InChI=1S/C12H17ClFN/c1-8(2)9(7-15-3)12-10(13)5-4-6-11(12)14/h4-6,8-9,15H,7H2,1-3H3. The smallest absolute Gasteiger partial charge is 0.128 e. The molecule has 0 fully saturated rings. The van der Waals surface area contributed by atoms with Crippen molar-refractivity contribution in [3.05, 3.63) is 34.6 Å². The third-order valence-corrected chi connectivity index (χ3v) is 2.93. The fraction of sp³-hybridized carbons (Fsp3) is 0.500. The van der Waals surface area contributed by atoms with Crippen LogP contribution in [0.25, 0.3) is 0 Å². The molecular formula is C12H17ClFN. The summed E-state index contributed by atoms with van der Waals surface area (Å²) in [6, 6.07) is 4.84. The predicted molar refractivity (Wildman–Crippen MR) is 62.9 cm³/mol. The zero-order valence-corrected chi connectivity index (χ0v) is 10.1. The van der Waals surface area contributed by atoms with Gasteiger partial charge in [0, 0.05) is 23.0 Å². The Morgan fingerprint density at radius 2 is 2.07 bits per heavy atom. The van der Waals surface area contributed by atoms with Gasteiger partial charge in [-0.25, -0.2) is 4.39 Å². The Morgan fingerprint density at radius 1 is 1.40 bits per heavy atom. The Hall–Kier alpha value is -0.600. The zero-order chi connectivity index (χ0) is 11.4. The van der Waals surface area contributed by atoms with Crippen molar-refractivity contribution in [2.75, 3.05) is 13.6 Å². The molecule has 0 amide bonds. The lowest BCUT2D eigenvalue weighted by Gasteiger charge is -2.22. The molecule has 15 heavy (non-hydrogen) atoms. The lowest BCUT2D eigenvalue weighted by atomic mass is 9.88. The molecule has 1 unspecified atom stereocenters. The van der Waals surface area contributed by atoms with E-state index in [-0.39, 0.29) is 11.7 Å².